The normalized spacial score (nSPS) is 10.3. The molecule has 12 heteroatoms. The van der Waals surface area contributed by atoms with E-state index in [4.69, 9.17) is 11.6 Å². The fourth-order valence-corrected chi connectivity index (χ4v) is 2.19. The molecule has 1 aromatic carbocycles. The topological polar surface area (TPSA) is 156 Å². The summed E-state index contributed by atoms with van der Waals surface area (Å²) < 4.78 is 9.27. The lowest BCUT2D eigenvalue weighted by atomic mass is 9.96. The Morgan fingerprint density at radius 3 is 1.85 bits per heavy atom. The molecule has 0 N–H and O–H groups in total. The Labute approximate surface area is 151 Å². The van der Waals surface area contributed by atoms with Gasteiger partial charge in [-0.1, -0.05) is 11.6 Å². The third-order valence-corrected chi connectivity index (χ3v) is 3.33. The van der Waals surface area contributed by atoms with E-state index >= 15 is 0 Å². The summed E-state index contributed by atoms with van der Waals surface area (Å²) in [5.74, 6) is -5.96. The quantitative estimate of drug-likeness (QED) is 0.214. The molecule has 0 aromatic heterocycles. The van der Waals surface area contributed by atoms with Gasteiger partial charge in [-0.3, -0.25) is 34.6 Å². The van der Waals surface area contributed by atoms with Crippen LogP contribution >= 0.6 is 11.6 Å². The van der Waals surface area contributed by atoms with Crippen molar-refractivity contribution in [3.8, 4) is 0 Å². The average Bonchev–Trinajstić information content (AvgIpc) is 2.54. The standard InChI is InChI=1S/C14H13ClN2O9/c1-3-25-13(19)11(14(20)26-4-2)12(18)7-5-8(15)10(17(23)24)6-9(7)16(21)22/h5-6,11H,3-4H2,1-2H3. The maximum absolute atomic E-state index is 12.6. The van der Waals surface area contributed by atoms with Crippen LogP contribution in [0.25, 0.3) is 0 Å². The van der Waals surface area contributed by atoms with Gasteiger partial charge in [-0.2, -0.15) is 0 Å². The zero-order chi connectivity index (χ0) is 20.0. The Morgan fingerprint density at radius 2 is 1.46 bits per heavy atom. The molecule has 0 radical (unpaired) electrons. The lowest BCUT2D eigenvalue weighted by molar-refractivity contribution is -0.394. The predicted octanol–water partition coefficient (Wildman–Crippen LogP) is 2.08. The second-order valence-corrected chi connectivity index (χ2v) is 5.04. The summed E-state index contributed by atoms with van der Waals surface area (Å²) in [5, 5.41) is 21.5. The Morgan fingerprint density at radius 1 is 1.00 bits per heavy atom. The second kappa shape index (κ2) is 8.85. The van der Waals surface area contributed by atoms with Crippen LogP contribution in [-0.2, 0) is 19.1 Å². The Bertz CT molecular complexity index is 760. The number of carbonyl (C=O) groups excluding carboxylic acids is 3. The van der Waals surface area contributed by atoms with Gasteiger partial charge >= 0.3 is 11.9 Å². The van der Waals surface area contributed by atoms with Crippen LogP contribution in [0.3, 0.4) is 0 Å². The van der Waals surface area contributed by atoms with Gasteiger partial charge in [0.05, 0.1) is 34.7 Å². The van der Waals surface area contributed by atoms with Crippen molar-refractivity contribution >= 4 is 40.7 Å². The highest BCUT2D eigenvalue weighted by atomic mass is 35.5. The third kappa shape index (κ3) is 4.51. The van der Waals surface area contributed by atoms with E-state index in [-0.39, 0.29) is 13.2 Å². The highest BCUT2D eigenvalue weighted by Gasteiger charge is 2.41. The molecule has 0 amide bonds. The van der Waals surface area contributed by atoms with Crippen molar-refractivity contribution in [2.45, 2.75) is 13.8 Å². The molecule has 0 aliphatic rings. The van der Waals surface area contributed by atoms with Crippen molar-refractivity contribution in [1.29, 1.82) is 0 Å². The molecule has 0 aliphatic carbocycles. The molecule has 0 spiro atoms. The number of nitro benzene ring substituents is 2. The van der Waals surface area contributed by atoms with Crippen LogP contribution in [0.5, 0.6) is 0 Å². The number of ether oxygens (including phenoxy) is 2. The minimum absolute atomic E-state index is 0.162. The molecule has 26 heavy (non-hydrogen) atoms. The smallest absolute Gasteiger partial charge is 0.328 e. The molecule has 0 aliphatic heterocycles. The maximum atomic E-state index is 12.6. The molecule has 0 atom stereocenters. The molecule has 1 aromatic rings. The number of benzene rings is 1. The van der Waals surface area contributed by atoms with E-state index in [2.05, 4.69) is 9.47 Å². The number of hydrogen-bond donors (Lipinski definition) is 0. The lowest BCUT2D eigenvalue weighted by Gasteiger charge is -2.13. The molecule has 140 valence electrons. The van der Waals surface area contributed by atoms with Gasteiger partial charge in [0, 0.05) is 0 Å². The highest BCUT2D eigenvalue weighted by Crippen LogP contribution is 2.33. The summed E-state index contributed by atoms with van der Waals surface area (Å²) in [4.78, 5) is 56.5. The lowest BCUT2D eigenvalue weighted by Crippen LogP contribution is -2.35. The van der Waals surface area contributed by atoms with Crippen molar-refractivity contribution in [2.24, 2.45) is 5.92 Å². The monoisotopic (exact) mass is 388 g/mol. The van der Waals surface area contributed by atoms with Gasteiger partial charge in [-0.05, 0) is 19.9 Å². The van der Waals surface area contributed by atoms with E-state index < -0.39 is 55.4 Å². The van der Waals surface area contributed by atoms with Crippen LogP contribution in [-0.4, -0.2) is 40.8 Å². The minimum atomic E-state index is -2.12. The van der Waals surface area contributed by atoms with E-state index in [0.717, 1.165) is 0 Å². The van der Waals surface area contributed by atoms with Crippen LogP contribution in [0.4, 0.5) is 11.4 Å². The molecule has 0 unspecified atom stereocenters. The number of esters is 2. The summed E-state index contributed by atoms with van der Waals surface area (Å²) in [5.41, 5.74) is -2.54. The fraction of sp³-hybridized carbons (Fsp3) is 0.357. The Hall–Kier alpha value is -3.08. The van der Waals surface area contributed by atoms with E-state index in [9.17, 15) is 34.6 Å². The fourth-order valence-electron chi connectivity index (χ4n) is 1.96. The number of nitrogens with zero attached hydrogens (tertiary/aromatic N) is 2. The van der Waals surface area contributed by atoms with Crippen LogP contribution in [0, 0.1) is 26.1 Å². The van der Waals surface area contributed by atoms with E-state index in [0.29, 0.717) is 12.1 Å². The third-order valence-electron chi connectivity index (χ3n) is 3.03. The molecule has 0 bridgehead atoms. The van der Waals surface area contributed by atoms with Crippen molar-refractivity contribution < 1.29 is 33.7 Å². The SMILES string of the molecule is CCOC(=O)C(C(=O)OCC)C(=O)c1cc(Cl)c([N+](=O)[O-])cc1[N+](=O)[O-]. The van der Waals surface area contributed by atoms with Crippen LogP contribution in [0.1, 0.15) is 24.2 Å². The molecule has 1 rings (SSSR count). The first-order valence-corrected chi connectivity index (χ1v) is 7.53. The van der Waals surface area contributed by atoms with Crippen LogP contribution in [0.15, 0.2) is 12.1 Å². The number of hydrogen-bond acceptors (Lipinski definition) is 9. The van der Waals surface area contributed by atoms with Crippen molar-refractivity contribution in [3.63, 3.8) is 0 Å². The Kier molecular flexibility index (Phi) is 7.14. The molecular formula is C14H13ClN2O9. The summed E-state index contributed by atoms with van der Waals surface area (Å²) in [6.45, 7) is 2.53. The predicted molar refractivity (Wildman–Crippen MR) is 85.8 cm³/mol. The van der Waals surface area contributed by atoms with Crippen LogP contribution in [0.2, 0.25) is 5.02 Å². The molecule has 0 saturated carbocycles. The first-order chi connectivity index (χ1) is 12.1. The number of rotatable bonds is 8. The van der Waals surface area contributed by atoms with E-state index in [1.165, 1.54) is 13.8 Å². The Balaban J connectivity index is 3.53. The first kappa shape index (κ1) is 21.0. The largest absolute Gasteiger partial charge is 0.465 e. The van der Waals surface area contributed by atoms with Gasteiger partial charge in [-0.25, -0.2) is 0 Å². The van der Waals surface area contributed by atoms with E-state index in [1.807, 2.05) is 0 Å². The zero-order valence-corrected chi connectivity index (χ0v) is 14.3. The van der Waals surface area contributed by atoms with Crippen molar-refractivity contribution in [2.75, 3.05) is 13.2 Å². The van der Waals surface area contributed by atoms with Crippen LogP contribution < -0.4 is 0 Å². The van der Waals surface area contributed by atoms with Gasteiger partial charge in [0.25, 0.3) is 11.4 Å². The number of carbonyl (C=O) groups is 3. The number of halogens is 1. The maximum Gasteiger partial charge on any atom is 0.328 e. The molecule has 0 heterocycles. The van der Waals surface area contributed by atoms with Gasteiger partial charge in [-0.15, -0.1) is 0 Å². The second-order valence-electron chi connectivity index (χ2n) is 4.64. The summed E-state index contributed by atoms with van der Waals surface area (Å²) in [6, 6.07) is 1.13. The van der Waals surface area contributed by atoms with Crippen molar-refractivity contribution in [3.05, 3.63) is 42.9 Å². The number of Topliss-reactive ketones (excluding diaryl/α,β-unsaturated/α-hetero) is 1. The number of nitro groups is 2. The molecule has 11 nitrogen and oxygen atoms in total. The minimum Gasteiger partial charge on any atom is -0.465 e. The molecule has 0 saturated heterocycles. The zero-order valence-electron chi connectivity index (χ0n) is 13.6. The molecule has 0 fully saturated rings. The van der Waals surface area contributed by atoms with Gasteiger partial charge < -0.3 is 9.47 Å². The van der Waals surface area contributed by atoms with Gasteiger partial charge in [0.2, 0.25) is 5.92 Å². The van der Waals surface area contributed by atoms with E-state index in [1.54, 1.807) is 0 Å². The first-order valence-electron chi connectivity index (χ1n) is 7.15. The summed E-state index contributed by atoms with van der Waals surface area (Å²) in [7, 11) is 0. The van der Waals surface area contributed by atoms with Gasteiger partial charge in [0.15, 0.2) is 5.78 Å². The number of ketones is 1. The summed E-state index contributed by atoms with van der Waals surface area (Å²) in [6.07, 6.45) is 0. The summed E-state index contributed by atoms with van der Waals surface area (Å²) >= 11 is 5.68. The molecular weight excluding hydrogens is 376 g/mol. The highest BCUT2D eigenvalue weighted by molar-refractivity contribution is 6.33. The van der Waals surface area contributed by atoms with Crippen molar-refractivity contribution in [1.82, 2.24) is 0 Å². The van der Waals surface area contributed by atoms with Gasteiger partial charge in [0.1, 0.15) is 5.02 Å². The average molecular weight is 389 g/mol.